The standard InChI is InChI=1S/C23H24N2O5/c1-29-20-5-3-4-19(16-20)22(27)25-14-12-24(13-15-25)21(26)11-8-17-6-9-18(10-7-17)23(28)30-2/h3-11,16H,12-15H2,1-2H3/b11-8+. The molecule has 0 atom stereocenters. The van der Waals surface area contributed by atoms with Gasteiger partial charge >= 0.3 is 5.97 Å². The van der Waals surface area contributed by atoms with Crippen molar-refractivity contribution in [1.82, 2.24) is 9.80 Å². The van der Waals surface area contributed by atoms with Gasteiger partial charge in [-0.05, 0) is 42.0 Å². The van der Waals surface area contributed by atoms with E-state index in [1.165, 1.54) is 13.2 Å². The Balaban J connectivity index is 1.54. The molecule has 0 bridgehead atoms. The van der Waals surface area contributed by atoms with Gasteiger partial charge in [-0.3, -0.25) is 9.59 Å². The van der Waals surface area contributed by atoms with Gasteiger partial charge in [0, 0.05) is 37.8 Å². The topological polar surface area (TPSA) is 76.2 Å². The van der Waals surface area contributed by atoms with Gasteiger partial charge in [0.1, 0.15) is 5.75 Å². The molecule has 1 heterocycles. The molecule has 1 saturated heterocycles. The zero-order chi connectivity index (χ0) is 21.5. The van der Waals surface area contributed by atoms with Gasteiger partial charge < -0.3 is 19.3 Å². The summed E-state index contributed by atoms with van der Waals surface area (Å²) in [4.78, 5) is 40.1. The molecular formula is C23H24N2O5. The number of nitrogens with zero attached hydrogens (tertiary/aromatic N) is 2. The van der Waals surface area contributed by atoms with Crippen molar-refractivity contribution < 1.29 is 23.9 Å². The first-order valence-electron chi connectivity index (χ1n) is 9.60. The summed E-state index contributed by atoms with van der Waals surface area (Å²) in [7, 11) is 2.90. The van der Waals surface area contributed by atoms with Crippen LogP contribution in [0.3, 0.4) is 0 Å². The first-order valence-corrected chi connectivity index (χ1v) is 9.60. The third-order valence-electron chi connectivity index (χ3n) is 4.95. The third kappa shape index (κ3) is 5.05. The van der Waals surface area contributed by atoms with E-state index in [9.17, 15) is 14.4 Å². The van der Waals surface area contributed by atoms with Crippen LogP contribution in [0.2, 0.25) is 0 Å². The van der Waals surface area contributed by atoms with Crippen LogP contribution < -0.4 is 4.74 Å². The molecule has 0 aromatic heterocycles. The normalized spacial score (nSPS) is 13.9. The summed E-state index contributed by atoms with van der Waals surface area (Å²) in [6.07, 6.45) is 3.21. The van der Waals surface area contributed by atoms with Gasteiger partial charge in [-0.2, -0.15) is 0 Å². The number of carbonyl (C=O) groups is 3. The molecule has 7 heteroatoms. The van der Waals surface area contributed by atoms with Crippen molar-refractivity contribution in [3.63, 3.8) is 0 Å². The second-order valence-electron chi connectivity index (χ2n) is 6.80. The summed E-state index contributed by atoms with van der Waals surface area (Å²) in [6.45, 7) is 1.90. The highest BCUT2D eigenvalue weighted by Crippen LogP contribution is 2.16. The van der Waals surface area contributed by atoms with Gasteiger partial charge in [0.25, 0.3) is 5.91 Å². The van der Waals surface area contributed by atoms with Crippen LogP contribution in [0.4, 0.5) is 0 Å². The fourth-order valence-corrected chi connectivity index (χ4v) is 3.19. The molecule has 7 nitrogen and oxygen atoms in total. The lowest BCUT2D eigenvalue weighted by Gasteiger charge is -2.34. The Morgan fingerprint density at radius 1 is 0.867 bits per heavy atom. The van der Waals surface area contributed by atoms with E-state index in [1.54, 1.807) is 71.5 Å². The number of hydrogen-bond donors (Lipinski definition) is 0. The molecule has 2 amide bonds. The van der Waals surface area contributed by atoms with E-state index in [0.717, 1.165) is 5.56 Å². The molecule has 156 valence electrons. The molecule has 1 aliphatic heterocycles. The van der Waals surface area contributed by atoms with Crippen LogP contribution in [0, 0.1) is 0 Å². The fourth-order valence-electron chi connectivity index (χ4n) is 3.19. The molecule has 0 spiro atoms. The van der Waals surface area contributed by atoms with E-state index < -0.39 is 5.97 Å². The number of benzene rings is 2. The lowest BCUT2D eigenvalue weighted by Crippen LogP contribution is -2.50. The summed E-state index contributed by atoms with van der Waals surface area (Å²) >= 11 is 0. The Hall–Kier alpha value is -3.61. The number of ether oxygens (including phenoxy) is 2. The lowest BCUT2D eigenvalue weighted by molar-refractivity contribution is -0.127. The molecule has 2 aromatic carbocycles. The Labute approximate surface area is 175 Å². The predicted octanol–water partition coefficient (Wildman–Crippen LogP) is 2.48. The molecule has 1 aliphatic rings. The van der Waals surface area contributed by atoms with E-state index in [2.05, 4.69) is 4.74 Å². The van der Waals surface area contributed by atoms with Gasteiger partial charge in [-0.15, -0.1) is 0 Å². The summed E-state index contributed by atoms with van der Waals surface area (Å²) in [5.41, 5.74) is 1.84. The largest absolute Gasteiger partial charge is 0.497 e. The minimum absolute atomic E-state index is 0.0674. The van der Waals surface area contributed by atoms with Crippen LogP contribution >= 0.6 is 0 Å². The SMILES string of the molecule is COC(=O)c1ccc(/C=C/C(=O)N2CCN(C(=O)c3cccc(OC)c3)CC2)cc1. The summed E-state index contributed by atoms with van der Waals surface area (Å²) < 4.78 is 9.84. The smallest absolute Gasteiger partial charge is 0.337 e. The first-order chi connectivity index (χ1) is 14.5. The van der Waals surface area contributed by atoms with Gasteiger partial charge in [-0.1, -0.05) is 18.2 Å². The van der Waals surface area contributed by atoms with E-state index >= 15 is 0 Å². The average molecular weight is 408 g/mol. The van der Waals surface area contributed by atoms with Crippen LogP contribution in [-0.2, 0) is 9.53 Å². The molecule has 0 radical (unpaired) electrons. The summed E-state index contributed by atoms with van der Waals surface area (Å²) in [6, 6.07) is 13.9. The van der Waals surface area contributed by atoms with Crippen LogP contribution in [0.1, 0.15) is 26.3 Å². The number of esters is 1. The van der Waals surface area contributed by atoms with E-state index in [0.29, 0.717) is 43.1 Å². The highest BCUT2D eigenvalue weighted by molar-refractivity contribution is 5.95. The zero-order valence-electron chi connectivity index (χ0n) is 17.0. The number of rotatable bonds is 5. The van der Waals surface area contributed by atoms with Crippen LogP contribution in [-0.4, -0.2) is 68.0 Å². The minimum Gasteiger partial charge on any atom is -0.497 e. The van der Waals surface area contributed by atoms with Gasteiger partial charge in [0.05, 0.1) is 19.8 Å². The lowest BCUT2D eigenvalue weighted by atomic mass is 10.1. The van der Waals surface area contributed by atoms with Crippen molar-refractivity contribution in [3.05, 3.63) is 71.3 Å². The van der Waals surface area contributed by atoms with E-state index in [1.807, 2.05) is 0 Å². The van der Waals surface area contributed by atoms with Crippen molar-refractivity contribution in [2.45, 2.75) is 0 Å². The molecular weight excluding hydrogens is 384 g/mol. The Bertz CT molecular complexity index is 944. The van der Waals surface area contributed by atoms with Gasteiger partial charge in [0.15, 0.2) is 0 Å². The second-order valence-corrected chi connectivity index (χ2v) is 6.80. The number of piperazine rings is 1. The average Bonchev–Trinajstić information content (AvgIpc) is 2.82. The van der Waals surface area contributed by atoms with Crippen molar-refractivity contribution >= 4 is 23.9 Å². The van der Waals surface area contributed by atoms with E-state index in [4.69, 9.17) is 4.74 Å². The first kappa shape index (κ1) is 21.1. The van der Waals surface area contributed by atoms with Crippen molar-refractivity contribution in [1.29, 1.82) is 0 Å². The number of hydrogen-bond acceptors (Lipinski definition) is 5. The van der Waals surface area contributed by atoms with Crippen LogP contribution in [0.25, 0.3) is 6.08 Å². The minimum atomic E-state index is -0.400. The van der Waals surface area contributed by atoms with Crippen molar-refractivity contribution in [2.75, 3.05) is 40.4 Å². The Kier molecular flexibility index (Phi) is 6.85. The molecule has 0 unspecified atom stereocenters. The number of methoxy groups -OCH3 is 2. The summed E-state index contributed by atoms with van der Waals surface area (Å²) in [5, 5.41) is 0. The molecule has 3 rings (SSSR count). The van der Waals surface area contributed by atoms with E-state index in [-0.39, 0.29) is 11.8 Å². The van der Waals surface area contributed by atoms with Crippen molar-refractivity contribution in [3.8, 4) is 5.75 Å². The third-order valence-corrected chi connectivity index (χ3v) is 4.95. The Morgan fingerprint density at radius 2 is 1.53 bits per heavy atom. The van der Waals surface area contributed by atoms with Crippen LogP contribution in [0.15, 0.2) is 54.6 Å². The molecule has 0 saturated carbocycles. The second kappa shape index (κ2) is 9.73. The summed E-state index contributed by atoms with van der Waals surface area (Å²) in [5.74, 6) is 0.0603. The molecule has 30 heavy (non-hydrogen) atoms. The highest BCUT2D eigenvalue weighted by Gasteiger charge is 2.24. The van der Waals surface area contributed by atoms with Gasteiger partial charge in [0.2, 0.25) is 5.91 Å². The maximum atomic E-state index is 12.7. The zero-order valence-corrected chi connectivity index (χ0v) is 17.0. The molecule has 2 aromatic rings. The molecule has 0 N–H and O–H groups in total. The van der Waals surface area contributed by atoms with Crippen LogP contribution in [0.5, 0.6) is 5.75 Å². The molecule has 0 aliphatic carbocycles. The number of amides is 2. The predicted molar refractivity (Wildman–Crippen MR) is 112 cm³/mol. The fraction of sp³-hybridized carbons (Fsp3) is 0.261. The maximum Gasteiger partial charge on any atom is 0.337 e. The maximum absolute atomic E-state index is 12.7. The van der Waals surface area contributed by atoms with Gasteiger partial charge in [-0.25, -0.2) is 4.79 Å². The Morgan fingerprint density at radius 3 is 2.17 bits per heavy atom. The highest BCUT2D eigenvalue weighted by atomic mass is 16.5. The molecule has 1 fully saturated rings. The van der Waals surface area contributed by atoms with Crippen molar-refractivity contribution in [2.24, 2.45) is 0 Å². The number of carbonyl (C=O) groups excluding carboxylic acids is 3. The monoisotopic (exact) mass is 408 g/mol. The quantitative estimate of drug-likeness (QED) is 0.561.